The van der Waals surface area contributed by atoms with Crippen LogP contribution in [0.3, 0.4) is 0 Å². The minimum absolute atomic E-state index is 0.0955. The molecule has 3 heterocycles. The number of benzene rings is 1. The van der Waals surface area contributed by atoms with Crippen LogP contribution in [0, 0.1) is 5.82 Å². The van der Waals surface area contributed by atoms with Crippen LogP contribution in [0.15, 0.2) is 30.7 Å². The Hall–Kier alpha value is -3.08. The standard InChI is InChI=1S/C22H24Cl2FN5O2.C2H4O2/c1-12(31-18-6-13(8-28-22(18)26)14-9-29-30(2)11-14)19-20(23)16(25)7-17(21(19)24)32-15-4-3-5-27-10-15;1-2(3)4/h6-9,11-12,15,27H,3-5,10H2,1-2H3,(H2,26,28);1H3,(H,3,4). The lowest BCUT2D eigenvalue weighted by molar-refractivity contribution is -0.134. The Labute approximate surface area is 218 Å². The predicted molar refractivity (Wildman–Crippen MR) is 136 cm³/mol. The number of hydrogen-bond donors (Lipinski definition) is 3. The summed E-state index contributed by atoms with van der Waals surface area (Å²) in [5.41, 5.74) is 7.96. The number of carboxylic acids is 1. The van der Waals surface area contributed by atoms with E-state index in [0.717, 1.165) is 37.4 Å². The Morgan fingerprint density at radius 3 is 2.61 bits per heavy atom. The van der Waals surface area contributed by atoms with Crippen molar-refractivity contribution >= 4 is 35.0 Å². The fourth-order valence-corrected chi connectivity index (χ4v) is 4.37. The molecule has 12 heteroatoms. The highest BCUT2D eigenvalue weighted by molar-refractivity contribution is 6.37. The van der Waals surface area contributed by atoms with Crippen molar-refractivity contribution in [1.29, 1.82) is 0 Å². The summed E-state index contributed by atoms with van der Waals surface area (Å²) in [5, 5.41) is 14.9. The number of aromatic nitrogens is 3. The Bertz CT molecular complexity index is 1210. The van der Waals surface area contributed by atoms with Crippen LogP contribution in [0.4, 0.5) is 10.2 Å². The summed E-state index contributed by atoms with van der Waals surface area (Å²) in [4.78, 5) is 13.2. The van der Waals surface area contributed by atoms with Crippen molar-refractivity contribution in [3.63, 3.8) is 0 Å². The van der Waals surface area contributed by atoms with E-state index in [0.29, 0.717) is 17.9 Å². The number of pyridine rings is 1. The number of rotatable bonds is 6. The SMILES string of the molecule is CC(=O)O.CC(Oc1cc(-c2cnn(C)c2)cnc1N)c1c(Cl)c(F)cc(OC2CCCNC2)c1Cl. The largest absolute Gasteiger partial charge is 0.487 e. The van der Waals surface area contributed by atoms with Crippen LogP contribution < -0.4 is 20.5 Å². The zero-order valence-corrected chi connectivity index (χ0v) is 21.6. The fraction of sp³-hybridized carbons (Fsp3) is 0.375. The molecule has 9 nitrogen and oxygen atoms in total. The summed E-state index contributed by atoms with van der Waals surface area (Å²) in [5.74, 6) is -0.703. The molecule has 2 atom stereocenters. The van der Waals surface area contributed by atoms with Gasteiger partial charge in [0, 0.05) is 55.7 Å². The van der Waals surface area contributed by atoms with E-state index in [1.165, 1.54) is 6.07 Å². The van der Waals surface area contributed by atoms with Crippen molar-refractivity contribution in [2.24, 2.45) is 7.05 Å². The minimum atomic E-state index is -0.833. The van der Waals surface area contributed by atoms with Gasteiger partial charge in [0.15, 0.2) is 11.6 Å². The molecule has 0 amide bonds. The van der Waals surface area contributed by atoms with Crippen LogP contribution in [-0.4, -0.2) is 45.0 Å². The Morgan fingerprint density at radius 1 is 1.28 bits per heavy atom. The quantitative estimate of drug-likeness (QED) is 0.379. The monoisotopic (exact) mass is 539 g/mol. The van der Waals surface area contributed by atoms with Gasteiger partial charge in [-0.3, -0.25) is 9.48 Å². The van der Waals surface area contributed by atoms with E-state index in [-0.39, 0.29) is 27.7 Å². The number of halogens is 3. The molecule has 0 aliphatic carbocycles. The Morgan fingerprint density at radius 2 is 2.00 bits per heavy atom. The number of carbonyl (C=O) groups is 1. The maximum atomic E-state index is 14.7. The molecule has 0 bridgehead atoms. The number of nitrogens with one attached hydrogen (secondary N) is 1. The molecule has 36 heavy (non-hydrogen) atoms. The molecule has 194 valence electrons. The first kappa shape index (κ1) is 27.5. The maximum Gasteiger partial charge on any atom is 0.300 e. The smallest absolute Gasteiger partial charge is 0.300 e. The summed E-state index contributed by atoms with van der Waals surface area (Å²) in [7, 11) is 1.82. The van der Waals surface area contributed by atoms with Crippen LogP contribution in [0.2, 0.25) is 10.0 Å². The van der Waals surface area contributed by atoms with Crippen LogP contribution in [-0.2, 0) is 11.8 Å². The highest BCUT2D eigenvalue weighted by Gasteiger charge is 2.25. The Balaban J connectivity index is 0.000000840. The number of nitrogens with zero attached hydrogens (tertiary/aromatic N) is 3. The van der Waals surface area contributed by atoms with Gasteiger partial charge in [-0.25, -0.2) is 9.37 Å². The first-order chi connectivity index (χ1) is 17.1. The number of aliphatic carboxylic acids is 1. The van der Waals surface area contributed by atoms with Gasteiger partial charge in [0.2, 0.25) is 0 Å². The molecule has 4 N–H and O–H groups in total. The minimum Gasteiger partial charge on any atom is -0.487 e. The maximum absolute atomic E-state index is 14.7. The lowest BCUT2D eigenvalue weighted by atomic mass is 10.1. The van der Waals surface area contributed by atoms with Gasteiger partial charge in [0.05, 0.1) is 16.2 Å². The Kier molecular flexibility index (Phi) is 9.36. The van der Waals surface area contributed by atoms with Crippen molar-refractivity contribution in [2.45, 2.75) is 38.9 Å². The molecule has 2 aromatic heterocycles. The summed E-state index contributed by atoms with van der Waals surface area (Å²) >= 11 is 12.9. The van der Waals surface area contributed by atoms with Crippen LogP contribution in [0.1, 0.15) is 38.4 Å². The lowest BCUT2D eigenvalue weighted by Crippen LogP contribution is -2.37. The van der Waals surface area contributed by atoms with E-state index in [4.69, 9.17) is 48.3 Å². The highest BCUT2D eigenvalue weighted by Crippen LogP contribution is 2.42. The molecule has 1 aliphatic heterocycles. The molecule has 1 aromatic carbocycles. The molecule has 1 saturated heterocycles. The number of nitrogen functional groups attached to an aromatic ring is 1. The van der Waals surface area contributed by atoms with Gasteiger partial charge in [-0.05, 0) is 32.4 Å². The number of piperidine rings is 1. The number of ether oxygens (including phenoxy) is 2. The van der Waals surface area contributed by atoms with Crippen molar-refractivity contribution in [1.82, 2.24) is 20.1 Å². The van der Waals surface area contributed by atoms with Gasteiger partial charge in [0.1, 0.15) is 23.8 Å². The molecule has 0 saturated carbocycles. The van der Waals surface area contributed by atoms with E-state index in [1.807, 2.05) is 13.2 Å². The van der Waals surface area contributed by atoms with E-state index >= 15 is 0 Å². The van der Waals surface area contributed by atoms with E-state index in [1.54, 1.807) is 30.1 Å². The first-order valence-electron chi connectivity index (χ1n) is 11.2. The lowest BCUT2D eigenvalue weighted by Gasteiger charge is -2.26. The van der Waals surface area contributed by atoms with Crippen molar-refractivity contribution in [2.75, 3.05) is 18.8 Å². The fourth-order valence-electron chi connectivity index (χ4n) is 3.67. The number of hydrogen-bond acceptors (Lipinski definition) is 7. The van der Waals surface area contributed by atoms with Gasteiger partial charge in [-0.2, -0.15) is 5.10 Å². The van der Waals surface area contributed by atoms with E-state index in [9.17, 15) is 4.39 Å². The topological polar surface area (TPSA) is 125 Å². The predicted octanol–water partition coefficient (Wildman–Crippen LogP) is 4.87. The van der Waals surface area contributed by atoms with E-state index in [2.05, 4.69) is 15.4 Å². The first-order valence-corrected chi connectivity index (χ1v) is 12.0. The summed E-state index contributed by atoms with van der Waals surface area (Å²) in [6, 6.07) is 2.97. The van der Waals surface area contributed by atoms with Gasteiger partial charge >= 0.3 is 0 Å². The third-order valence-corrected chi connectivity index (χ3v) is 6.11. The molecular formula is C24H28Cl2FN5O4. The summed E-state index contributed by atoms with van der Waals surface area (Å²) < 4.78 is 28.4. The van der Waals surface area contributed by atoms with E-state index < -0.39 is 17.9 Å². The second-order valence-electron chi connectivity index (χ2n) is 8.27. The third kappa shape index (κ3) is 6.99. The average Bonchev–Trinajstić information content (AvgIpc) is 3.25. The van der Waals surface area contributed by atoms with Crippen LogP contribution in [0.25, 0.3) is 11.1 Å². The summed E-state index contributed by atoms with van der Waals surface area (Å²) in [6.45, 7) is 4.41. The zero-order valence-electron chi connectivity index (χ0n) is 20.1. The molecule has 4 rings (SSSR count). The molecule has 0 spiro atoms. The number of carboxylic acid groups (broad SMARTS) is 1. The zero-order chi connectivity index (χ0) is 26.4. The molecule has 1 fully saturated rings. The van der Waals surface area contributed by atoms with Crippen molar-refractivity contribution in [3.8, 4) is 22.6 Å². The van der Waals surface area contributed by atoms with Gasteiger partial charge in [-0.15, -0.1) is 0 Å². The number of nitrogens with two attached hydrogens (primary N) is 1. The van der Waals surface area contributed by atoms with Crippen LogP contribution in [0.5, 0.6) is 11.5 Å². The number of aryl methyl sites for hydroxylation is 1. The highest BCUT2D eigenvalue weighted by atomic mass is 35.5. The second kappa shape index (κ2) is 12.2. The third-order valence-electron chi connectivity index (χ3n) is 5.33. The van der Waals surface area contributed by atoms with Crippen molar-refractivity contribution in [3.05, 3.63) is 52.1 Å². The number of anilines is 1. The summed E-state index contributed by atoms with van der Waals surface area (Å²) in [6.07, 6.45) is 6.22. The average molecular weight is 540 g/mol. The molecule has 0 radical (unpaired) electrons. The van der Waals surface area contributed by atoms with Crippen molar-refractivity contribution < 1.29 is 23.8 Å². The normalized spacial score (nSPS) is 16.0. The van der Waals surface area contributed by atoms with Gasteiger partial charge in [-0.1, -0.05) is 23.2 Å². The molecular weight excluding hydrogens is 512 g/mol. The molecule has 2 unspecified atom stereocenters. The second-order valence-corrected chi connectivity index (χ2v) is 9.03. The van der Waals surface area contributed by atoms with Gasteiger partial charge < -0.3 is 25.6 Å². The van der Waals surface area contributed by atoms with Gasteiger partial charge in [0.25, 0.3) is 5.97 Å². The van der Waals surface area contributed by atoms with Crippen LogP contribution >= 0.6 is 23.2 Å². The molecule has 3 aromatic rings. The molecule has 1 aliphatic rings.